The van der Waals surface area contributed by atoms with Crippen LogP contribution in [0.4, 0.5) is 13.2 Å². The minimum atomic E-state index is -4.52. The van der Waals surface area contributed by atoms with E-state index < -0.39 is 17.6 Å². The van der Waals surface area contributed by atoms with E-state index in [1.165, 1.54) is 18.2 Å². The minimum Gasteiger partial charge on any atom is -0.352 e. The van der Waals surface area contributed by atoms with E-state index >= 15 is 0 Å². The van der Waals surface area contributed by atoms with Crippen LogP contribution in [0.25, 0.3) is 0 Å². The molecule has 0 spiro atoms. The van der Waals surface area contributed by atoms with Crippen molar-refractivity contribution in [2.24, 2.45) is 0 Å². The highest BCUT2D eigenvalue weighted by molar-refractivity contribution is 9.09. The van der Waals surface area contributed by atoms with Gasteiger partial charge in [0, 0.05) is 11.4 Å². The van der Waals surface area contributed by atoms with Gasteiger partial charge in [0.05, 0.1) is 11.1 Å². The molecular formula is C13H15BrF3NO. The van der Waals surface area contributed by atoms with Crippen LogP contribution in [0.3, 0.4) is 0 Å². The summed E-state index contributed by atoms with van der Waals surface area (Å²) in [6.45, 7) is 2.34. The topological polar surface area (TPSA) is 29.1 Å². The van der Waals surface area contributed by atoms with Gasteiger partial charge in [0.15, 0.2) is 0 Å². The summed E-state index contributed by atoms with van der Waals surface area (Å²) in [4.78, 5) is 12.1. The summed E-state index contributed by atoms with van der Waals surface area (Å²) >= 11 is 3.36. The molecular weight excluding hydrogens is 323 g/mol. The molecule has 0 bridgehead atoms. The zero-order valence-corrected chi connectivity index (χ0v) is 12.0. The van der Waals surface area contributed by atoms with Crippen molar-refractivity contribution in [3.8, 4) is 0 Å². The van der Waals surface area contributed by atoms with Gasteiger partial charge in [-0.3, -0.25) is 4.79 Å². The van der Waals surface area contributed by atoms with Crippen molar-refractivity contribution in [3.05, 3.63) is 35.4 Å². The van der Waals surface area contributed by atoms with Crippen LogP contribution in [0.1, 0.15) is 35.7 Å². The standard InChI is InChI=1S/C13H15BrF3NO/c1-9(14)5-4-8-18-12(19)10-6-2-3-7-11(10)13(15,16)17/h2-3,6-7,9H,4-5,8H2,1H3,(H,18,19). The number of carbonyl (C=O) groups is 1. The molecule has 1 aromatic rings. The number of carbonyl (C=O) groups excluding carboxylic acids is 1. The van der Waals surface area contributed by atoms with Crippen LogP contribution in [0.15, 0.2) is 24.3 Å². The highest BCUT2D eigenvalue weighted by Gasteiger charge is 2.34. The van der Waals surface area contributed by atoms with Crippen LogP contribution < -0.4 is 5.32 Å². The quantitative estimate of drug-likeness (QED) is 0.638. The fraction of sp³-hybridized carbons (Fsp3) is 0.462. The first-order valence-electron chi connectivity index (χ1n) is 5.91. The highest BCUT2D eigenvalue weighted by Crippen LogP contribution is 2.31. The number of hydrogen-bond acceptors (Lipinski definition) is 1. The molecule has 1 unspecified atom stereocenters. The maximum Gasteiger partial charge on any atom is 0.417 e. The summed E-state index contributed by atoms with van der Waals surface area (Å²) in [5, 5.41) is 2.51. The molecule has 106 valence electrons. The molecule has 2 nitrogen and oxygen atoms in total. The molecule has 1 rings (SSSR count). The Hall–Kier alpha value is -1.04. The first-order valence-corrected chi connectivity index (χ1v) is 6.82. The van der Waals surface area contributed by atoms with E-state index in [9.17, 15) is 18.0 Å². The molecule has 0 aromatic heterocycles. The second-order valence-electron chi connectivity index (χ2n) is 4.22. The lowest BCUT2D eigenvalue weighted by Gasteiger charge is -2.12. The molecule has 0 fully saturated rings. The van der Waals surface area contributed by atoms with Gasteiger partial charge in [-0.05, 0) is 25.0 Å². The zero-order valence-electron chi connectivity index (χ0n) is 10.4. The highest BCUT2D eigenvalue weighted by atomic mass is 79.9. The second-order valence-corrected chi connectivity index (χ2v) is 5.79. The summed E-state index contributed by atoms with van der Waals surface area (Å²) in [5.41, 5.74) is -1.23. The average Bonchev–Trinajstić information content (AvgIpc) is 2.33. The number of alkyl halides is 4. The van der Waals surface area contributed by atoms with Gasteiger partial charge in [-0.25, -0.2) is 0 Å². The van der Waals surface area contributed by atoms with Gasteiger partial charge in [-0.2, -0.15) is 13.2 Å². The fourth-order valence-corrected chi connectivity index (χ4v) is 1.93. The van der Waals surface area contributed by atoms with Crippen molar-refractivity contribution in [3.63, 3.8) is 0 Å². The summed E-state index contributed by atoms with van der Waals surface area (Å²) in [6.07, 6.45) is -2.95. The van der Waals surface area contributed by atoms with E-state index in [0.29, 0.717) is 17.8 Å². The molecule has 0 aliphatic carbocycles. The maximum atomic E-state index is 12.7. The molecule has 0 radical (unpaired) electrons. The van der Waals surface area contributed by atoms with Crippen LogP contribution in [0.5, 0.6) is 0 Å². The van der Waals surface area contributed by atoms with Crippen LogP contribution in [-0.2, 0) is 6.18 Å². The Labute approximate surface area is 118 Å². The number of halogens is 4. The number of hydrogen-bond donors (Lipinski definition) is 1. The summed E-state index contributed by atoms with van der Waals surface area (Å²) in [7, 11) is 0. The average molecular weight is 338 g/mol. The largest absolute Gasteiger partial charge is 0.417 e. The number of rotatable bonds is 5. The Bertz CT molecular complexity index is 432. The summed E-state index contributed by atoms with van der Waals surface area (Å²) in [6, 6.07) is 4.79. The van der Waals surface area contributed by atoms with Gasteiger partial charge >= 0.3 is 6.18 Å². The molecule has 1 amide bonds. The molecule has 0 saturated carbocycles. The van der Waals surface area contributed by atoms with Gasteiger partial charge in [0.1, 0.15) is 0 Å². The Balaban J connectivity index is 2.67. The van der Waals surface area contributed by atoms with Crippen molar-refractivity contribution in [1.29, 1.82) is 0 Å². The lowest BCUT2D eigenvalue weighted by Crippen LogP contribution is -2.27. The first kappa shape index (κ1) is 16.0. The van der Waals surface area contributed by atoms with E-state index in [-0.39, 0.29) is 5.56 Å². The Morgan fingerprint density at radius 1 is 1.37 bits per heavy atom. The molecule has 1 atom stereocenters. The Kier molecular flexibility index (Phi) is 5.85. The predicted octanol–water partition coefficient (Wildman–Crippen LogP) is 4.00. The molecule has 19 heavy (non-hydrogen) atoms. The van der Waals surface area contributed by atoms with Gasteiger partial charge in [0.25, 0.3) is 5.91 Å². The van der Waals surface area contributed by atoms with Crippen LogP contribution in [0.2, 0.25) is 0 Å². The van der Waals surface area contributed by atoms with Gasteiger partial charge in [-0.15, -0.1) is 0 Å². The lowest BCUT2D eigenvalue weighted by atomic mass is 10.1. The van der Waals surface area contributed by atoms with E-state index in [2.05, 4.69) is 21.2 Å². The predicted molar refractivity (Wildman–Crippen MR) is 71.4 cm³/mol. The number of amides is 1. The second kappa shape index (κ2) is 6.93. The van der Waals surface area contributed by atoms with Gasteiger partial charge in [0.2, 0.25) is 0 Å². The van der Waals surface area contributed by atoms with Crippen molar-refractivity contribution in [2.45, 2.75) is 30.8 Å². The number of benzene rings is 1. The third-order valence-electron chi connectivity index (χ3n) is 2.54. The smallest absolute Gasteiger partial charge is 0.352 e. The third kappa shape index (κ3) is 5.22. The van der Waals surface area contributed by atoms with Crippen molar-refractivity contribution >= 4 is 21.8 Å². The Morgan fingerprint density at radius 2 is 2.00 bits per heavy atom. The molecule has 6 heteroatoms. The van der Waals surface area contributed by atoms with Gasteiger partial charge in [-0.1, -0.05) is 35.0 Å². The molecule has 1 aromatic carbocycles. The van der Waals surface area contributed by atoms with Crippen molar-refractivity contribution in [2.75, 3.05) is 6.54 Å². The Morgan fingerprint density at radius 3 is 2.58 bits per heavy atom. The van der Waals surface area contributed by atoms with Crippen LogP contribution in [-0.4, -0.2) is 17.3 Å². The van der Waals surface area contributed by atoms with Crippen LogP contribution in [0, 0.1) is 0 Å². The van der Waals surface area contributed by atoms with Gasteiger partial charge < -0.3 is 5.32 Å². The lowest BCUT2D eigenvalue weighted by molar-refractivity contribution is -0.137. The van der Waals surface area contributed by atoms with Crippen molar-refractivity contribution in [1.82, 2.24) is 5.32 Å². The molecule has 0 aliphatic heterocycles. The number of nitrogens with one attached hydrogen (secondary N) is 1. The van der Waals surface area contributed by atoms with E-state index in [1.807, 2.05) is 6.92 Å². The van der Waals surface area contributed by atoms with Crippen molar-refractivity contribution < 1.29 is 18.0 Å². The fourth-order valence-electron chi connectivity index (χ4n) is 1.61. The first-order chi connectivity index (χ1) is 8.82. The van der Waals surface area contributed by atoms with E-state index in [4.69, 9.17) is 0 Å². The molecule has 0 heterocycles. The zero-order chi connectivity index (χ0) is 14.5. The summed E-state index contributed by atoms with van der Waals surface area (Å²) in [5.74, 6) is -0.685. The van der Waals surface area contributed by atoms with Crippen LogP contribution >= 0.6 is 15.9 Å². The normalized spacial score (nSPS) is 13.1. The maximum absolute atomic E-state index is 12.7. The molecule has 1 N–H and O–H groups in total. The monoisotopic (exact) mass is 337 g/mol. The van der Waals surface area contributed by atoms with E-state index in [1.54, 1.807) is 0 Å². The summed E-state index contributed by atoms with van der Waals surface area (Å²) < 4.78 is 38.2. The third-order valence-corrected chi connectivity index (χ3v) is 3.00. The van der Waals surface area contributed by atoms with E-state index in [0.717, 1.165) is 12.5 Å². The SMILES string of the molecule is CC(Br)CCCNC(=O)c1ccccc1C(F)(F)F. The molecule has 0 saturated heterocycles. The minimum absolute atomic E-state index is 0.326. The molecule has 0 aliphatic rings.